The van der Waals surface area contributed by atoms with E-state index in [0.29, 0.717) is 34.9 Å². The maximum atomic E-state index is 13.8. The Morgan fingerprint density at radius 2 is 1.88 bits per heavy atom. The van der Waals surface area contributed by atoms with Gasteiger partial charge in [-0.05, 0) is 71.7 Å². The Labute approximate surface area is 254 Å². The van der Waals surface area contributed by atoms with E-state index in [4.69, 9.17) is 16.6 Å². The molecule has 220 valence electrons. The molecule has 10 heteroatoms. The molecular weight excluding hydrogens is 564 g/mol. The highest BCUT2D eigenvalue weighted by Crippen LogP contribution is 2.38. The third-order valence-electron chi connectivity index (χ3n) is 9.07. The molecule has 0 radical (unpaired) electrons. The summed E-state index contributed by atoms with van der Waals surface area (Å²) in [7, 11) is 1.90. The Kier molecular flexibility index (Phi) is 7.13. The van der Waals surface area contributed by atoms with Crippen LogP contribution in [0.25, 0.3) is 22.1 Å². The van der Waals surface area contributed by atoms with Gasteiger partial charge in [0, 0.05) is 44.2 Å². The lowest BCUT2D eigenvalue weighted by atomic mass is 9.85. The minimum Gasteiger partial charge on any atom is -0.481 e. The second-order valence-electron chi connectivity index (χ2n) is 11.8. The first-order valence-corrected chi connectivity index (χ1v) is 15.3. The van der Waals surface area contributed by atoms with Crippen LogP contribution in [0, 0.1) is 0 Å². The molecule has 0 saturated carbocycles. The number of carbonyl (C=O) groups excluding carboxylic acids is 1. The average molecular weight is 597 g/mol. The molecule has 10 bridgehead atoms. The van der Waals surface area contributed by atoms with Crippen molar-refractivity contribution in [2.45, 2.75) is 64.0 Å². The molecule has 3 aliphatic heterocycles. The van der Waals surface area contributed by atoms with Crippen molar-refractivity contribution in [2.24, 2.45) is 7.05 Å². The van der Waals surface area contributed by atoms with Crippen LogP contribution in [0.15, 0.2) is 48.7 Å². The number of aliphatic carboxylic acids is 1. The molecule has 6 heterocycles. The minimum atomic E-state index is -0.913. The highest BCUT2D eigenvalue weighted by atomic mass is 35.5. The number of fused-ring (bicyclic) bond motifs is 6. The topological polar surface area (TPSA) is 106 Å². The van der Waals surface area contributed by atoms with Gasteiger partial charge in [-0.25, -0.2) is 9.67 Å². The number of aryl methyl sites for hydroxylation is 3. The summed E-state index contributed by atoms with van der Waals surface area (Å²) in [4.78, 5) is 32.5. The van der Waals surface area contributed by atoms with Crippen LogP contribution in [-0.2, 0) is 37.8 Å². The summed E-state index contributed by atoms with van der Waals surface area (Å²) in [5.41, 5.74) is 7.80. The maximum absolute atomic E-state index is 13.8. The van der Waals surface area contributed by atoms with Crippen LogP contribution in [0.5, 0.6) is 0 Å². The molecule has 43 heavy (non-hydrogen) atoms. The molecule has 1 N–H and O–H groups in total. The SMILES string of the molecule is Cn1c2cc3cc(cnc31)CCCCCCn1nnc3c(Cl)c(ccc31)C(CC(=O)O)c1ccc3c(c1)CN(CC3)C2=O. The van der Waals surface area contributed by atoms with Gasteiger partial charge in [0.2, 0.25) is 0 Å². The van der Waals surface area contributed by atoms with Gasteiger partial charge in [-0.15, -0.1) is 5.10 Å². The Morgan fingerprint density at radius 1 is 1.02 bits per heavy atom. The first-order valence-electron chi connectivity index (χ1n) is 15.0. The molecule has 0 aliphatic carbocycles. The number of aromatic nitrogens is 5. The number of rotatable bonds is 2. The molecular formula is C33H33ClN6O3. The Balaban J connectivity index is 1.31. The summed E-state index contributed by atoms with van der Waals surface area (Å²) in [6.45, 7) is 1.80. The van der Waals surface area contributed by atoms with Crippen molar-refractivity contribution in [3.05, 3.63) is 87.2 Å². The molecule has 0 spiro atoms. The van der Waals surface area contributed by atoms with Gasteiger partial charge in [0.25, 0.3) is 5.91 Å². The number of hydrogen-bond acceptors (Lipinski definition) is 5. The molecule has 8 rings (SSSR count). The monoisotopic (exact) mass is 596 g/mol. The van der Waals surface area contributed by atoms with Crippen LogP contribution in [0.3, 0.4) is 0 Å². The van der Waals surface area contributed by atoms with Crippen LogP contribution in [0.1, 0.15) is 76.3 Å². The summed E-state index contributed by atoms with van der Waals surface area (Å²) in [5, 5.41) is 20.1. The van der Waals surface area contributed by atoms with Gasteiger partial charge in [-0.2, -0.15) is 0 Å². The van der Waals surface area contributed by atoms with Gasteiger partial charge < -0.3 is 14.6 Å². The summed E-state index contributed by atoms with van der Waals surface area (Å²) in [5.74, 6) is -1.42. The first kappa shape index (κ1) is 27.6. The number of carbonyl (C=O) groups is 2. The van der Waals surface area contributed by atoms with Gasteiger partial charge in [0.05, 0.1) is 17.0 Å². The third-order valence-corrected chi connectivity index (χ3v) is 9.47. The molecule has 0 saturated heterocycles. The Bertz CT molecular complexity index is 1890. The molecule has 1 amide bonds. The van der Waals surface area contributed by atoms with E-state index < -0.39 is 11.9 Å². The van der Waals surface area contributed by atoms with Crippen LogP contribution < -0.4 is 0 Å². The van der Waals surface area contributed by atoms with E-state index in [2.05, 4.69) is 22.4 Å². The lowest BCUT2D eigenvalue weighted by molar-refractivity contribution is -0.137. The number of halogens is 1. The van der Waals surface area contributed by atoms with Gasteiger partial charge in [0.1, 0.15) is 16.9 Å². The van der Waals surface area contributed by atoms with Gasteiger partial charge >= 0.3 is 5.97 Å². The van der Waals surface area contributed by atoms with Crippen molar-refractivity contribution in [1.82, 2.24) is 29.4 Å². The van der Waals surface area contributed by atoms with E-state index in [0.717, 1.165) is 72.7 Å². The highest BCUT2D eigenvalue weighted by Gasteiger charge is 2.28. The zero-order chi connectivity index (χ0) is 29.7. The fourth-order valence-electron chi connectivity index (χ4n) is 6.72. The second-order valence-corrected chi connectivity index (χ2v) is 12.2. The van der Waals surface area contributed by atoms with Crippen LogP contribution in [0.2, 0.25) is 5.02 Å². The molecule has 1 unspecified atom stereocenters. The van der Waals surface area contributed by atoms with Crippen molar-refractivity contribution in [3.8, 4) is 0 Å². The zero-order valence-electron chi connectivity index (χ0n) is 24.1. The quantitative estimate of drug-likeness (QED) is 0.272. The van der Waals surface area contributed by atoms with Crippen LogP contribution in [-0.4, -0.2) is 53.0 Å². The lowest BCUT2D eigenvalue weighted by Crippen LogP contribution is -2.37. The second kappa shape index (κ2) is 11.1. The van der Waals surface area contributed by atoms with Crippen molar-refractivity contribution >= 4 is 45.5 Å². The van der Waals surface area contributed by atoms with Crippen molar-refractivity contribution < 1.29 is 14.7 Å². The van der Waals surface area contributed by atoms with Gasteiger partial charge in [-0.1, -0.05) is 53.9 Å². The largest absolute Gasteiger partial charge is 0.481 e. The number of carboxylic acids is 1. The van der Waals surface area contributed by atoms with Crippen molar-refractivity contribution in [3.63, 3.8) is 0 Å². The third kappa shape index (κ3) is 5.05. The van der Waals surface area contributed by atoms with E-state index in [-0.39, 0.29) is 12.3 Å². The number of pyridine rings is 1. The van der Waals surface area contributed by atoms with Crippen molar-refractivity contribution in [2.75, 3.05) is 6.54 Å². The normalized spacial score (nSPS) is 17.7. The fraction of sp³-hybridized carbons (Fsp3) is 0.364. The summed E-state index contributed by atoms with van der Waals surface area (Å²) < 4.78 is 3.78. The number of nitrogens with zero attached hydrogens (tertiary/aromatic N) is 6. The number of benzene rings is 2. The van der Waals surface area contributed by atoms with E-state index in [1.54, 1.807) is 0 Å². The summed E-state index contributed by atoms with van der Waals surface area (Å²) >= 11 is 6.94. The summed E-state index contributed by atoms with van der Waals surface area (Å²) in [6, 6.07) is 14.1. The van der Waals surface area contributed by atoms with Crippen molar-refractivity contribution in [1.29, 1.82) is 0 Å². The van der Waals surface area contributed by atoms with E-state index >= 15 is 0 Å². The van der Waals surface area contributed by atoms with E-state index in [1.165, 1.54) is 11.1 Å². The van der Waals surface area contributed by atoms with E-state index in [1.807, 2.05) is 57.7 Å². The van der Waals surface area contributed by atoms with Crippen LogP contribution >= 0.6 is 11.6 Å². The molecule has 3 aliphatic rings. The average Bonchev–Trinajstić information content (AvgIpc) is 3.57. The Hall–Kier alpha value is -4.24. The highest BCUT2D eigenvalue weighted by molar-refractivity contribution is 6.35. The predicted octanol–water partition coefficient (Wildman–Crippen LogP) is 5.89. The summed E-state index contributed by atoms with van der Waals surface area (Å²) in [6.07, 6.45) is 7.64. The van der Waals surface area contributed by atoms with Crippen LogP contribution in [0.4, 0.5) is 0 Å². The maximum Gasteiger partial charge on any atom is 0.304 e. The molecule has 2 aromatic carbocycles. The molecule has 1 atom stereocenters. The zero-order valence-corrected chi connectivity index (χ0v) is 24.8. The van der Waals surface area contributed by atoms with Gasteiger partial charge in [-0.3, -0.25) is 9.59 Å². The smallest absolute Gasteiger partial charge is 0.304 e. The molecule has 9 nitrogen and oxygen atoms in total. The lowest BCUT2D eigenvalue weighted by Gasteiger charge is -2.30. The number of hydrogen-bond donors (Lipinski definition) is 1. The molecule has 0 fully saturated rings. The molecule has 3 aromatic heterocycles. The van der Waals surface area contributed by atoms with E-state index in [9.17, 15) is 14.7 Å². The van der Waals surface area contributed by atoms with Gasteiger partial charge in [0.15, 0.2) is 0 Å². The minimum absolute atomic E-state index is 0.0323. The Morgan fingerprint density at radius 3 is 2.74 bits per heavy atom. The fourth-order valence-corrected chi connectivity index (χ4v) is 7.05. The number of carboxylic acid groups (broad SMARTS) is 1. The predicted molar refractivity (Wildman–Crippen MR) is 164 cm³/mol. The first-order chi connectivity index (χ1) is 20.9. The number of amides is 1. The molecule has 5 aromatic rings. The standard InChI is InChI=1S/C33H33ClN6O3/c1-38-28-16-23-14-20(18-35-32(23)38)6-4-2-3-5-12-40-27-10-9-25(30(34)31(27)36-37-40)26(17-29(41)42)22-8-7-21-11-13-39(33(28)43)19-24(21)15-22/h7-10,14-16,18,26H,2-6,11-13,17,19H2,1H3,(H,41,42).